The van der Waals surface area contributed by atoms with E-state index in [0.717, 1.165) is 51.4 Å². The third-order valence-corrected chi connectivity index (χ3v) is 6.40. The number of likely N-dealkylation sites (tertiary alicyclic amines) is 1. The molecule has 5 heteroatoms. The predicted octanol–water partition coefficient (Wildman–Crippen LogP) is 3.86. The van der Waals surface area contributed by atoms with Crippen molar-refractivity contribution in [1.82, 2.24) is 4.90 Å². The Morgan fingerprint density at radius 1 is 1.14 bits per heavy atom. The number of piperidine rings is 1. The van der Waals surface area contributed by atoms with Gasteiger partial charge in [0.15, 0.2) is 5.78 Å². The number of halogens is 1. The van der Waals surface area contributed by atoms with E-state index in [1.54, 1.807) is 12.1 Å². The molecule has 3 heterocycles. The summed E-state index contributed by atoms with van der Waals surface area (Å²) in [6.07, 6.45) is 2.65. The molecular formula is C23H25FN2O2. The van der Waals surface area contributed by atoms with Crippen LogP contribution < -0.4 is 9.64 Å². The highest BCUT2D eigenvalue weighted by Crippen LogP contribution is 2.49. The molecule has 0 radical (unpaired) electrons. The fourth-order valence-electron chi connectivity index (χ4n) is 5.05. The van der Waals surface area contributed by atoms with Gasteiger partial charge in [0.1, 0.15) is 11.6 Å². The summed E-state index contributed by atoms with van der Waals surface area (Å²) in [7, 11) is 0. The maximum absolute atomic E-state index is 13.1. The molecule has 3 aliphatic heterocycles. The van der Waals surface area contributed by atoms with Crippen LogP contribution in [0.5, 0.6) is 5.75 Å². The lowest BCUT2D eigenvalue weighted by Crippen LogP contribution is -2.46. The number of hydrogen-bond acceptors (Lipinski definition) is 4. The van der Waals surface area contributed by atoms with Crippen molar-refractivity contribution in [1.29, 1.82) is 0 Å². The van der Waals surface area contributed by atoms with Gasteiger partial charge in [0.2, 0.25) is 0 Å². The van der Waals surface area contributed by atoms with Crippen LogP contribution in [0.1, 0.15) is 41.1 Å². The first-order valence-electron chi connectivity index (χ1n) is 10.2. The third-order valence-electron chi connectivity index (χ3n) is 6.40. The molecule has 0 saturated carbocycles. The van der Waals surface area contributed by atoms with Crippen LogP contribution in [0, 0.1) is 5.82 Å². The van der Waals surface area contributed by atoms with Gasteiger partial charge in [0, 0.05) is 50.1 Å². The van der Waals surface area contributed by atoms with Crippen LogP contribution in [0.15, 0.2) is 42.5 Å². The minimum atomic E-state index is -0.306. The summed E-state index contributed by atoms with van der Waals surface area (Å²) in [6.45, 7) is 4.61. The Labute approximate surface area is 164 Å². The number of hydrogen-bond donors (Lipinski definition) is 0. The molecule has 5 rings (SSSR count). The molecular weight excluding hydrogens is 355 g/mol. The molecule has 146 valence electrons. The lowest BCUT2D eigenvalue weighted by Gasteiger charge is -2.38. The van der Waals surface area contributed by atoms with Crippen molar-refractivity contribution in [2.75, 3.05) is 37.7 Å². The molecule has 0 aliphatic carbocycles. The van der Waals surface area contributed by atoms with Crippen LogP contribution in [0.3, 0.4) is 0 Å². The van der Waals surface area contributed by atoms with E-state index in [0.29, 0.717) is 23.9 Å². The zero-order valence-corrected chi connectivity index (χ0v) is 15.9. The largest absolute Gasteiger partial charge is 0.491 e. The Balaban J connectivity index is 1.28. The van der Waals surface area contributed by atoms with E-state index in [9.17, 15) is 9.18 Å². The fraction of sp³-hybridized carbons (Fsp3) is 0.435. The maximum Gasteiger partial charge on any atom is 0.164 e. The first kappa shape index (κ1) is 17.7. The fourth-order valence-corrected chi connectivity index (χ4v) is 5.05. The predicted molar refractivity (Wildman–Crippen MR) is 107 cm³/mol. The number of benzene rings is 2. The lowest BCUT2D eigenvalue weighted by atomic mass is 9.88. The zero-order chi connectivity index (χ0) is 19.1. The van der Waals surface area contributed by atoms with Gasteiger partial charge < -0.3 is 14.5 Å². The molecule has 0 aromatic heterocycles. The second-order valence-corrected chi connectivity index (χ2v) is 8.03. The van der Waals surface area contributed by atoms with Gasteiger partial charge in [-0.1, -0.05) is 12.1 Å². The van der Waals surface area contributed by atoms with Crippen molar-refractivity contribution in [2.24, 2.45) is 0 Å². The Bertz CT molecular complexity index is 883. The number of Topliss-reactive ketones (excluding diaryl/α,β-unsaturated/α-hetero) is 1. The van der Waals surface area contributed by atoms with Gasteiger partial charge in [-0.15, -0.1) is 0 Å². The standard InChI is InChI=1S/C23H25FN2O2/c24-17-7-5-16(6-8-17)21(27)10-13-25-12-9-20-19(15-25)18-3-1-4-22-23(18)26(20)11-2-14-28-22/h1,3-8,19-20H,2,9-15H2/t19-,20-/m0/s1. The van der Waals surface area contributed by atoms with Crippen LogP contribution in [0.25, 0.3) is 0 Å². The quantitative estimate of drug-likeness (QED) is 0.754. The molecule has 4 nitrogen and oxygen atoms in total. The van der Waals surface area contributed by atoms with Gasteiger partial charge in [0.05, 0.1) is 12.3 Å². The van der Waals surface area contributed by atoms with Crippen molar-refractivity contribution < 1.29 is 13.9 Å². The highest BCUT2D eigenvalue weighted by atomic mass is 19.1. The molecule has 2 aromatic rings. The molecule has 1 fully saturated rings. The molecule has 0 N–H and O–H groups in total. The Kier molecular flexibility index (Phi) is 4.55. The van der Waals surface area contributed by atoms with Crippen LogP contribution in [0.2, 0.25) is 0 Å². The van der Waals surface area contributed by atoms with Crippen molar-refractivity contribution in [3.63, 3.8) is 0 Å². The minimum absolute atomic E-state index is 0.0839. The highest BCUT2D eigenvalue weighted by Gasteiger charge is 2.43. The topological polar surface area (TPSA) is 32.8 Å². The number of anilines is 1. The average molecular weight is 380 g/mol. The molecule has 0 unspecified atom stereocenters. The number of fused-ring (bicyclic) bond motifs is 3. The van der Waals surface area contributed by atoms with E-state index in [4.69, 9.17) is 4.74 Å². The summed E-state index contributed by atoms with van der Waals surface area (Å²) in [4.78, 5) is 17.4. The van der Waals surface area contributed by atoms with Crippen molar-refractivity contribution in [2.45, 2.75) is 31.2 Å². The molecule has 0 spiro atoms. The highest BCUT2D eigenvalue weighted by molar-refractivity contribution is 5.96. The van der Waals surface area contributed by atoms with E-state index in [1.165, 1.54) is 23.4 Å². The second-order valence-electron chi connectivity index (χ2n) is 8.03. The molecule has 0 amide bonds. The lowest BCUT2D eigenvalue weighted by molar-refractivity contribution is 0.0952. The van der Waals surface area contributed by atoms with Crippen LogP contribution in [-0.4, -0.2) is 49.5 Å². The van der Waals surface area contributed by atoms with Gasteiger partial charge in [-0.2, -0.15) is 0 Å². The van der Waals surface area contributed by atoms with Crippen molar-refractivity contribution >= 4 is 11.5 Å². The third kappa shape index (κ3) is 3.08. The summed E-state index contributed by atoms with van der Waals surface area (Å²) in [5, 5.41) is 0. The summed E-state index contributed by atoms with van der Waals surface area (Å²) in [6, 6.07) is 12.9. The molecule has 3 aliphatic rings. The Hall–Kier alpha value is -2.40. The smallest absolute Gasteiger partial charge is 0.164 e. The van der Waals surface area contributed by atoms with Gasteiger partial charge in [-0.3, -0.25) is 4.79 Å². The van der Waals surface area contributed by atoms with Crippen molar-refractivity contribution in [3.8, 4) is 5.75 Å². The van der Waals surface area contributed by atoms with E-state index < -0.39 is 0 Å². The molecule has 1 saturated heterocycles. The molecule has 0 bridgehead atoms. The number of carbonyl (C=O) groups is 1. The first-order valence-corrected chi connectivity index (χ1v) is 10.2. The Morgan fingerprint density at radius 3 is 2.86 bits per heavy atom. The normalized spacial score (nSPS) is 23.5. The molecule has 2 atom stereocenters. The number of rotatable bonds is 4. The zero-order valence-electron chi connectivity index (χ0n) is 15.9. The van der Waals surface area contributed by atoms with E-state index in [-0.39, 0.29) is 11.6 Å². The van der Waals surface area contributed by atoms with Crippen LogP contribution in [0.4, 0.5) is 10.1 Å². The first-order chi connectivity index (χ1) is 13.7. The number of nitrogens with zero attached hydrogens (tertiary/aromatic N) is 2. The van der Waals surface area contributed by atoms with Gasteiger partial charge >= 0.3 is 0 Å². The second kappa shape index (κ2) is 7.21. The molecule has 28 heavy (non-hydrogen) atoms. The number of ketones is 1. The van der Waals surface area contributed by atoms with E-state index in [1.807, 2.05) is 0 Å². The van der Waals surface area contributed by atoms with Gasteiger partial charge in [0.25, 0.3) is 0 Å². The van der Waals surface area contributed by atoms with Gasteiger partial charge in [-0.25, -0.2) is 4.39 Å². The molecule has 2 aromatic carbocycles. The van der Waals surface area contributed by atoms with Crippen LogP contribution in [-0.2, 0) is 0 Å². The van der Waals surface area contributed by atoms with Gasteiger partial charge in [-0.05, 0) is 48.7 Å². The summed E-state index contributed by atoms with van der Waals surface area (Å²) in [5.41, 5.74) is 3.30. The van der Waals surface area contributed by atoms with E-state index in [2.05, 4.69) is 28.0 Å². The monoisotopic (exact) mass is 380 g/mol. The average Bonchev–Trinajstić information content (AvgIpc) is 2.88. The maximum atomic E-state index is 13.1. The summed E-state index contributed by atoms with van der Waals surface area (Å²) < 4.78 is 19.0. The number of ether oxygens (including phenoxy) is 1. The SMILES string of the molecule is O=C(CCN1CC[C@H]2[C@@H](C1)c1cccc3c1N2CCCO3)c1ccc(F)cc1. The van der Waals surface area contributed by atoms with Crippen molar-refractivity contribution in [3.05, 3.63) is 59.4 Å². The summed E-state index contributed by atoms with van der Waals surface area (Å²) in [5.74, 6) is 1.29. The Morgan fingerprint density at radius 2 is 2.00 bits per heavy atom. The number of para-hydroxylation sites is 1. The minimum Gasteiger partial charge on any atom is -0.491 e. The van der Waals surface area contributed by atoms with E-state index >= 15 is 0 Å². The summed E-state index contributed by atoms with van der Waals surface area (Å²) >= 11 is 0. The van der Waals surface area contributed by atoms with Crippen LogP contribution >= 0.6 is 0 Å². The number of carbonyl (C=O) groups excluding carboxylic acids is 1.